The lowest BCUT2D eigenvalue weighted by atomic mass is 9.97. The van der Waals surface area contributed by atoms with E-state index in [4.69, 9.17) is 16.6 Å². The van der Waals surface area contributed by atoms with E-state index >= 15 is 0 Å². The molecule has 2 fully saturated rings. The highest BCUT2D eigenvalue weighted by Crippen LogP contribution is 2.28. The Balaban J connectivity index is 1.49. The minimum Gasteiger partial charge on any atom is -0.480 e. The van der Waals surface area contributed by atoms with Crippen molar-refractivity contribution >= 4 is 50.3 Å². The zero-order chi connectivity index (χ0) is 29.7. The van der Waals surface area contributed by atoms with Crippen molar-refractivity contribution in [3.63, 3.8) is 0 Å². The van der Waals surface area contributed by atoms with Crippen molar-refractivity contribution in [2.45, 2.75) is 49.1 Å². The molecule has 0 aromatic heterocycles. The second kappa shape index (κ2) is 12.6. The van der Waals surface area contributed by atoms with Crippen molar-refractivity contribution in [2.75, 3.05) is 26.2 Å². The number of likely N-dealkylation sites (tertiary alicyclic amines) is 1. The van der Waals surface area contributed by atoms with Crippen LogP contribution in [0.4, 0.5) is 0 Å². The van der Waals surface area contributed by atoms with Crippen molar-refractivity contribution in [2.24, 2.45) is 11.7 Å². The van der Waals surface area contributed by atoms with Crippen molar-refractivity contribution in [3.05, 3.63) is 42.5 Å². The van der Waals surface area contributed by atoms with Crippen molar-refractivity contribution in [1.82, 2.24) is 19.8 Å². The number of hydrogen-bond acceptors (Lipinski definition) is 7. The Labute approximate surface area is 238 Å². The molecule has 220 valence electrons. The molecule has 1 heterocycles. The predicted molar refractivity (Wildman–Crippen MR) is 152 cm³/mol. The normalized spacial score (nSPS) is 18.0. The van der Waals surface area contributed by atoms with Gasteiger partial charge in [-0.25, -0.2) is 8.42 Å². The molecule has 2 aromatic rings. The summed E-state index contributed by atoms with van der Waals surface area (Å²) >= 11 is 0. The Morgan fingerprint density at radius 3 is 2.46 bits per heavy atom. The van der Waals surface area contributed by atoms with Crippen molar-refractivity contribution in [3.8, 4) is 0 Å². The lowest BCUT2D eigenvalue weighted by Gasteiger charge is -2.34. The number of carbonyl (C=O) groups excluding carboxylic acids is 2. The summed E-state index contributed by atoms with van der Waals surface area (Å²) in [4.78, 5) is 40.7. The fourth-order valence-corrected chi connectivity index (χ4v) is 6.23. The number of benzene rings is 2. The summed E-state index contributed by atoms with van der Waals surface area (Å²) in [6, 6.07) is 9.90. The van der Waals surface area contributed by atoms with Crippen LogP contribution in [0.25, 0.3) is 10.8 Å². The maximum absolute atomic E-state index is 13.5. The van der Waals surface area contributed by atoms with Gasteiger partial charge in [-0.05, 0) is 54.5 Å². The number of carboxylic acids is 1. The highest BCUT2D eigenvalue weighted by atomic mass is 32.2. The van der Waals surface area contributed by atoms with Gasteiger partial charge in [-0.1, -0.05) is 30.3 Å². The van der Waals surface area contributed by atoms with E-state index in [2.05, 4.69) is 10.0 Å². The topological polar surface area (TPSA) is 210 Å². The number of nitrogens with one attached hydrogen (secondary N) is 4. The van der Waals surface area contributed by atoms with Gasteiger partial charge in [0.1, 0.15) is 12.6 Å². The van der Waals surface area contributed by atoms with E-state index in [-0.39, 0.29) is 35.1 Å². The van der Waals surface area contributed by atoms with Gasteiger partial charge in [0, 0.05) is 25.7 Å². The van der Waals surface area contributed by atoms with Gasteiger partial charge in [0.15, 0.2) is 11.7 Å². The molecule has 1 saturated carbocycles. The van der Waals surface area contributed by atoms with Crippen molar-refractivity contribution in [1.29, 1.82) is 10.8 Å². The molecule has 2 amide bonds. The molecule has 2 aliphatic rings. The van der Waals surface area contributed by atoms with E-state index in [0.717, 1.165) is 23.1 Å². The Morgan fingerprint density at radius 2 is 1.80 bits per heavy atom. The first kappa shape index (κ1) is 29.9. The maximum Gasteiger partial charge on any atom is 0.323 e. The van der Waals surface area contributed by atoms with Gasteiger partial charge < -0.3 is 26.0 Å². The molecule has 2 atom stereocenters. The number of carboxylic acid groups (broad SMARTS) is 1. The number of piperidine rings is 1. The number of amides is 2. The summed E-state index contributed by atoms with van der Waals surface area (Å²) in [5.41, 5.74) is 5.44. The number of fused-ring (bicyclic) bond motifs is 1. The number of nitrogens with zero attached hydrogens (tertiary/aromatic N) is 2. The average molecular weight is 586 g/mol. The van der Waals surface area contributed by atoms with Crippen LogP contribution in [-0.2, 0) is 24.4 Å². The second-order valence-corrected chi connectivity index (χ2v) is 12.2. The highest BCUT2D eigenvalue weighted by Gasteiger charge is 2.39. The van der Waals surface area contributed by atoms with Gasteiger partial charge in [0.25, 0.3) is 0 Å². The standard InChI is InChI=1S/C27H35N7O6S/c28-25(29)26(30)33-11-3-4-17(15-33)14-31-23(35)13-22(27(38)34(16-24(36)37)20-8-9-20)32-41(39,40)21-10-7-18-5-1-2-6-19(18)12-21/h1-2,5-7,10,12,17,20,22,30,32H,3-4,8-9,11,13-16H2,(H3,28,29)(H,31,35)(H,36,37)/t17-,22+/m0/s1. The first-order chi connectivity index (χ1) is 19.4. The third kappa shape index (κ3) is 7.79. The summed E-state index contributed by atoms with van der Waals surface area (Å²) in [6.45, 7) is 0.625. The van der Waals surface area contributed by atoms with Crippen molar-refractivity contribution < 1.29 is 27.9 Å². The largest absolute Gasteiger partial charge is 0.480 e. The number of sulfonamides is 1. The zero-order valence-corrected chi connectivity index (χ0v) is 23.3. The van der Waals surface area contributed by atoms with Crippen LogP contribution in [0, 0.1) is 16.7 Å². The SMILES string of the molecule is N=C(N)C(=N)N1CCC[C@@H](CNC(=O)C[C@@H](NS(=O)(=O)c2ccc3ccccc3c2)C(=O)N(CC(=O)O)C2CC2)C1. The van der Waals surface area contributed by atoms with E-state index in [9.17, 15) is 27.9 Å². The maximum atomic E-state index is 13.5. The molecule has 13 nitrogen and oxygen atoms in total. The second-order valence-electron chi connectivity index (χ2n) is 10.5. The van der Waals surface area contributed by atoms with Gasteiger partial charge in [-0.3, -0.25) is 25.2 Å². The number of nitrogens with two attached hydrogens (primary N) is 1. The summed E-state index contributed by atoms with van der Waals surface area (Å²) < 4.78 is 29.1. The molecule has 0 spiro atoms. The minimum absolute atomic E-state index is 0.0363. The Hall–Kier alpha value is -4.04. The van der Waals surface area contributed by atoms with Gasteiger partial charge in [0.2, 0.25) is 21.8 Å². The van der Waals surface area contributed by atoms with Gasteiger partial charge in [0.05, 0.1) is 11.3 Å². The van der Waals surface area contributed by atoms with Gasteiger partial charge in [-0.2, -0.15) is 4.72 Å². The minimum atomic E-state index is -4.26. The van der Waals surface area contributed by atoms with Gasteiger partial charge in [-0.15, -0.1) is 0 Å². The molecule has 0 unspecified atom stereocenters. The zero-order valence-electron chi connectivity index (χ0n) is 22.5. The average Bonchev–Trinajstić information content (AvgIpc) is 3.79. The van der Waals surface area contributed by atoms with Crippen LogP contribution in [0.2, 0.25) is 0 Å². The molecule has 2 aromatic carbocycles. The van der Waals surface area contributed by atoms with Gasteiger partial charge >= 0.3 is 5.97 Å². The van der Waals surface area contributed by atoms with Crippen LogP contribution in [0.15, 0.2) is 47.4 Å². The molecule has 0 bridgehead atoms. The Bertz CT molecular complexity index is 1460. The van der Waals surface area contributed by atoms with Crippen LogP contribution in [-0.4, -0.2) is 91.0 Å². The molecule has 0 radical (unpaired) electrons. The van der Waals surface area contributed by atoms with Crippen LogP contribution in [0.3, 0.4) is 0 Å². The third-order valence-corrected chi connectivity index (χ3v) is 8.74. The number of carbonyl (C=O) groups is 3. The van der Waals surface area contributed by atoms with Crippen LogP contribution >= 0.6 is 0 Å². The molecule has 7 N–H and O–H groups in total. The van der Waals surface area contributed by atoms with Crippen LogP contribution in [0.5, 0.6) is 0 Å². The molecule has 1 aliphatic carbocycles. The quantitative estimate of drug-likeness (QED) is 0.163. The summed E-state index contributed by atoms with van der Waals surface area (Å²) in [5, 5.41) is 29.1. The van der Waals surface area contributed by atoms with E-state index in [1.165, 1.54) is 12.1 Å². The predicted octanol–water partition coefficient (Wildman–Crippen LogP) is 0.694. The summed E-state index contributed by atoms with van der Waals surface area (Å²) in [5.74, 6) is -3.03. The van der Waals surface area contributed by atoms with E-state index < -0.39 is 46.8 Å². The van der Waals surface area contributed by atoms with E-state index in [0.29, 0.717) is 31.3 Å². The molecular weight excluding hydrogens is 550 g/mol. The molecule has 14 heteroatoms. The van der Waals surface area contributed by atoms with E-state index in [1.807, 2.05) is 12.1 Å². The molecule has 1 saturated heterocycles. The van der Waals surface area contributed by atoms with Crippen LogP contribution in [0.1, 0.15) is 32.1 Å². The smallest absolute Gasteiger partial charge is 0.323 e. The lowest BCUT2D eigenvalue weighted by Crippen LogP contribution is -2.52. The Kier molecular flexibility index (Phi) is 9.23. The monoisotopic (exact) mass is 585 g/mol. The number of hydrogen-bond donors (Lipinski definition) is 6. The molecule has 4 rings (SSSR count). The van der Waals surface area contributed by atoms with Crippen LogP contribution < -0.4 is 15.8 Å². The number of aliphatic carboxylic acids is 1. The highest BCUT2D eigenvalue weighted by molar-refractivity contribution is 7.89. The molecular formula is C27H35N7O6S. The summed E-state index contributed by atoms with van der Waals surface area (Å²) in [7, 11) is -4.26. The molecule has 41 heavy (non-hydrogen) atoms. The number of amidine groups is 2. The molecule has 1 aliphatic heterocycles. The first-order valence-electron chi connectivity index (χ1n) is 13.4. The fraction of sp³-hybridized carbons (Fsp3) is 0.444. The fourth-order valence-electron chi connectivity index (χ4n) is 5.01. The first-order valence-corrected chi connectivity index (χ1v) is 14.9. The third-order valence-electron chi connectivity index (χ3n) is 7.27. The van der Waals surface area contributed by atoms with E-state index in [1.54, 1.807) is 23.1 Å². The Morgan fingerprint density at radius 1 is 1.10 bits per heavy atom. The summed E-state index contributed by atoms with van der Waals surface area (Å²) in [6.07, 6.45) is 2.20. The number of rotatable bonds is 11. The lowest BCUT2D eigenvalue weighted by molar-refractivity contribution is -0.146.